The Hall–Kier alpha value is -4.03. The molecule has 1 N–H and O–H groups in total. The van der Waals surface area contributed by atoms with E-state index < -0.39 is 0 Å². The van der Waals surface area contributed by atoms with Crippen molar-refractivity contribution >= 4 is 22.9 Å². The van der Waals surface area contributed by atoms with Crippen LogP contribution >= 0.6 is 11.3 Å². The SMILES string of the molecule is Cc1c(C(=O)Nc2ccc(-c3csc(-c4ccccc4)n3)cc2)cnn1-c1ccccc1. The number of hydrogen-bond donors (Lipinski definition) is 1. The molecular formula is C26H20N4OS. The van der Waals surface area contributed by atoms with Crippen LogP contribution in [0.5, 0.6) is 0 Å². The third-order valence-corrected chi connectivity index (χ3v) is 6.11. The summed E-state index contributed by atoms with van der Waals surface area (Å²) < 4.78 is 1.77. The van der Waals surface area contributed by atoms with Gasteiger partial charge in [0.15, 0.2) is 0 Å². The fraction of sp³-hybridized carbons (Fsp3) is 0.0385. The predicted molar refractivity (Wildman–Crippen MR) is 129 cm³/mol. The normalized spacial score (nSPS) is 10.8. The number of carbonyl (C=O) groups is 1. The lowest BCUT2D eigenvalue weighted by atomic mass is 10.1. The summed E-state index contributed by atoms with van der Waals surface area (Å²) in [6, 6.07) is 27.6. The molecule has 0 saturated heterocycles. The number of nitrogens with one attached hydrogen (secondary N) is 1. The molecule has 6 heteroatoms. The van der Waals surface area contributed by atoms with Crippen LogP contribution in [0.4, 0.5) is 5.69 Å². The van der Waals surface area contributed by atoms with E-state index in [2.05, 4.69) is 27.9 Å². The smallest absolute Gasteiger partial charge is 0.259 e. The minimum absolute atomic E-state index is 0.183. The van der Waals surface area contributed by atoms with Gasteiger partial charge in [-0.2, -0.15) is 5.10 Å². The highest BCUT2D eigenvalue weighted by molar-refractivity contribution is 7.13. The molecule has 0 aliphatic rings. The van der Waals surface area contributed by atoms with Gasteiger partial charge in [0.25, 0.3) is 5.91 Å². The summed E-state index contributed by atoms with van der Waals surface area (Å²) in [5, 5.41) is 10.4. The molecule has 156 valence electrons. The Labute approximate surface area is 190 Å². The Morgan fingerprint density at radius 2 is 1.56 bits per heavy atom. The molecule has 0 saturated carbocycles. The highest BCUT2D eigenvalue weighted by Crippen LogP contribution is 2.29. The number of carbonyl (C=O) groups excluding carboxylic acids is 1. The Balaban J connectivity index is 1.31. The van der Waals surface area contributed by atoms with Crippen molar-refractivity contribution in [1.82, 2.24) is 14.8 Å². The lowest BCUT2D eigenvalue weighted by molar-refractivity contribution is 0.102. The van der Waals surface area contributed by atoms with E-state index in [1.807, 2.05) is 79.7 Å². The van der Waals surface area contributed by atoms with Crippen molar-refractivity contribution in [2.45, 2.75) is 6.92 Å². The number of rotatable bonds is 5. The third-order valence-electron chi connectivity index (χ3n) is 5.22. The van der Waals surface area contributed by atoms with Crippen LogP contribution < -0.4 is 5.32 Å². The summed E-state index contributed by atoms with van der Waals surface area (Å²) in [5.74, 6) is -0.183. The average Bonchev–Trinajstić information content (AvgIpc) is 3.48. The first-order valence-electron chi connectivity index (χ1n) is 10.2. The van der Waals surface area contributed by atoms with Crippen molar-refractivity contribution in [3.05, 3.63) is 108 Å². The van der Waals surface area contributed by atoms with E-state index in [9.17, 15) is 4.79 Å². The van der Waals surface area contributed by atoms with Gasteiger partial charge < -0.3 is 5.32 Å². The first kappa shape index (κ1) is 19.9. The standard InChI is InChI=1S/C26H20N4OS/c1-18-23(16-27-30(18)22-10-6-3-7-11-22)25(31)28-21-14-12-19(13-15-21)24-17-32-26(29-24)20-8-4-2-5-9-20/h2-17H,1H3,(H,28,31). The number of benzene rings is 3. The van der Waals surface area contributed by atoms with Crippen molar-refractivity contribution in [2.24, 2.45) is 0 Å². The second kappa shape index (κ2) is 8.61. The Bertz CT molecular complexity index is 1360. The first-order chi connectivity index (χ1) is 15.7. The zero-order chi connectivity index (χ0) is 21.9. The zero-order valence-corrected chi connectivity index (χ0v) is 18.2. The van der Waals surface area contributed by atoms with Gasteiger partial charge in [-0.05, 0) is 31.2 Å². The molecule has 1 amide bonds. The predicted octanol–water partition coefficient (Wildman–Crippen LogP) is 6.22. The van der Waals surface area contributed by atoms with Crippen molar-refractivity contribution in [3.8, 4) is 27.5 Å². The maximum atomic E-state index is 12.8. The van der Waals surface area contributed by atoms with Crippen LogP contribution in [-0.2, 0) is 0 Å². The Morgan fingerprint density at radius 3 is 2.28 bits per heavy atom. The highest BCUT2D eigenvalue weighted by Gasteiger charge is 2.15. The average molecular weight is 437 g/mol. The van der Waals surface area contributed by atoms with Crippen LogP contribution in [0.1, 0.15) is 16.1 Å². The largest absolute Gasteiger partial charge is 0.322 e. The maximum Gasteiger partial charge on any atom is 0.259 e. The lowest BCUT2D eigenvalue weighted by Gasteiger charge is -2.07. The van der Waals surface area contributed by atoms with Gasteiger partial charge in [0, 0.05) is 22.2 Å². The van der Waals surface area contributed by atoms with Crippen molar-refractivity contribution < 1.29 is 4.79 Å². The molecule has 0 fully saturated rings. The molecule has 5 rings (SSSR count). The molecule has 32 heavy (non-hydrogen) atoms. The molecule has 2 heterocycles. The van der Waals surface area contributed by atoms with Gasteiger partial charge in [0.05, 0.1) is 28.8 Å². The minimum Gasteiger partial charge on any atom is -0.322 e. The van der Waals surface area contributed by atoms with Gasteiger partial charge in [-0.3, -0.25) is 4.79 Å². The number of thiazole rings is 1. The maximum absolute atomic E-state index is 12.8. The van der Waals surface area contributed by atoms with E-state index in [0.29, 0.717) is 5.56 Å². The second-order valence-electron chi connectivity index (χ2n) is 7.33. The molecular weight excluding hydrogens is 416 g/mol. The molecule has 0 bridgehead atoms. The fourth-order valence-corrected chi connectivity index (χ4v) is 4.34. The summed E-state index contributed by atoms with van der Waals surface area (Å²) in [6.45, 7) is 1.89. The van der Waals surface area contributed by atoms with Crippen molar-refractivity contribution in [2.75, 3.05) is 5.32 Å². The van der Waals surface area contributed by atoms with Gasteiger partial charge in [-0.1, -0.05) is 60.7 Å². The lowest BCUT2D eigenvalue weighted by Crippen LogP contribution is -2.13. The van der Waals surface area contributed by atoms with E-state index in [-0.39, 0.29) is 5.91 Å². The van der Waals surface area contributed by atoms with Gasteiger partial charge in [0.2, 0.25) is 0 Å². The summed E-state index contributed by atoms with van der Waals surface area (Å²) in [6.07, 6.45) is 1.60. The van der Waals surface area contributed by atoms with Gasteiger partial charge in [-0.15, -0.1) is 11.3 Å². The number of hydrogen-bond acceptors (Lipinski definition) is 4. The molecule has 0 radical (unpaired) electrons. The van der Waals surface area contributed by atoms with Gasteiger partial charge >= 0.3 is 0 Å². The monoisotopic (exact) mass is 436 g/mol. The van der Waals surface area contributed by atoms with E-state index in [0.717, 1.165) is 38.9 Å². The van der Waals surface area contributed by atoms with Crippen LogP contribution in [0.2, 0.25) is 0 Å². The summed E-state index contributed by atoms with van der Waals surface area (Å²) in [4.78, 5) is 17.6. The molecule has 3 aromatic carbocycles. The Kier molecular flexibility index (Phi) is 5.35. The summed E-state index contributed by atoms with van der Waals surface area (Å²) >= 11 is 1.62. The topological polar surface area (TPSA) is 59.8 Å². The number of amides is 1. The van der Waals surface area contributed by atoms with Gasteiger partial charge in [0.1, 0.15) is 5.01 Å². The van der Waals surface area contributed by atoms with E-state index in [1.165, 1.54) is 0 Å². The molecule has 0 aliphatic carbocycles. The minimum atomic E-state index is -0.183. The highest BCUT2D eigenvalue weighted by atomic mass is 32.1. The molecule has 0 unspecified atom stereocenters. The van der Waals surface area contributed by atoms with Gasteiger partial charge in [-0.25, -0.2) is 9.67 Å². The number of anilines is 1. The number of para-hydroxylation sites is 1. The first-order valence-corrected chi connectivity index (χ1v) is 11.1. The quantitative estimate of drug-likeness (QED) is 0.356. The molecule has 0 spiro atoms. The van der Waals surface area contributed by atoms with Crippen molar-refractivity contribution in [1.29, 1.82) is 0 Å². The summed E-state index contributed by atoms with van der Waals surface area (Å²) in [5.41, 5.74) is 6.03. The number of aromatic nitrogens is 3. The summed E-state index contributed by atoms with van der Waals surface area (Å²) in [7, 11) is 0. The van der Waals surface area contributed by atoms with Crippen LogP contribution in [0.25, 0.3) is 27.5 Å². The zero-order valence-electron chi connectivity index (χ0n) is 17.4. The van der Waals surface area contributed by atoms with Crippen LogP contribution in [-0.4, -0.2) is 20.7 Å². The number of nitrogens with zero attached hydrogens (tertiary/aromatic N) is 3. The van der Waals surface area contributed by atoms with E-state index >= 15 is 0 Å². The van der Waals surface area contributed by atoms with Crippen LogP contribution in [0.3, 0.4) is 0 Å². The van der Waals surface area contributed by atoms with Crippen LogP contribution in [0.15, 0.2) is 96.5 Å². The van der Waals surface area contributed by atoms with E-state index in [4.69, 9.17) is 4.98 Å². The third kappa shape index (κ3) is 3.96. The van der Waals surface area contributed by atoms with Crippen molar-refractivity contribution in [3.63, 3.8) is 0 Å². The molecule has 2 aromatic heterocycles. The van der Waals surface area contributed by atoms with E-state index in [1.54, 1.807) is 22.2 Å². The molecule has 5 nitrogen and oxygen atoms in total. The fourth-order valence-electron chi connectivity index (χ4n) is 3.50. The molecule has 0 aliphatic heterocycles. The molecule has 0 atom stereocenters. The van der Waals surface area contributed by atoms with Crippen LogP contribution in [0, 0.1) is 6.92 Å². The Morgan fingerprint density at radius 1 is 0.875 bits per heavy atom. The molecule has 5 aromatic rings. The second-order valence-corrected chi connectivity index (χ2v) is 8.18.